The SMILES string of the molecule is COCCN1C(C(=O)Nc2ccc(F)c(Cl)c2)CC(c2nccs2)NS1(=O)=O.COCCN1[C@@H](C(=O)Nc2ccc(F)c(Cl)c2)C[C@@H](c2nccs2)NS1(=O)=O.COCCN1[C@H](C(=O)Nc2ccc(F)c(Cl)c2)C[C@H](c2nccs2)NS1(=O)=O. The molecule has 36 heteroatoms. The first-order valence-electron chi connectivity index (χ1n) is 24.7. The molecule has 0 bridgehead atoms. The number of hydrogen-bond acceptors (Lipinski definition) is 18. The number of amides is 3. The Hall–Kier alpha value is -4.89. The first-order chi connectivity index (χ1) is 39.9. The topological polar surface area (TPSA) is 302 Å². The average Bonchev–Trinajstić information content (AvgIpc) is 3.72. The van der Waals surface area contributed by atoms with Crippen molar-refractivity contribution in [2.24, 2.45) is 0 Å². The number of aromatic nitrogens is 3. The third kappa shape index (κ3) is 17.4. The number of hydrogen-bond donors (Lipinski definition) is 6. The lowest BCUT2D eigenvalue weighted by Crippen LogP contribution is -2.58. The van der Waals surface area contributed by atoms with E-state index < -0.39 is 102 Å². The predicted molar refractivity (Wildman–Crippen MR) is 312 cm³/mol. The molecule has 84 heavy (non-hydrogen) atoms. The van der Waals surface area contributed by atoms with E-state index in [1.54, 1.807) is 34.7 Å². The first-order valence-corrected chi connectivity index (χ1v) is 32.8. The number of rotatable bonds is 18. The van der Waals surface area contributed by atoms with Gasteiger partial charge in [-0.15, -0.1) is 34.0 Å². The minimum Gasteiger partial charge on any atom is -0.383 e. The fourth-order valence-corrected chi connectivity index (χ4v) is 16.0. The Labute approximate surface area is 508 Å². The van der Waals surface area contributed by atoms with Gasteiger partial charge in [0.05, 0.1) is 53.0 Å². The van der Waals surface area contributed by atoms with Crippen molar-refractivity contribution >= 4 is 134 Å². The van der Waals surface area contributed by atoms with Crippen molar-refractivity contribution in [1.29, 1.82) is 0 Å². The maximum Gasteiger partial charge on any atom is 0.280 e. The van der Waals surface area contributed by atoms with E-state index in [-0.39, 0.29) is 90.8 Å². The van der Waals surface area contributed by atoms with E-state index in [4.69, 9.17) is 49.0 Å². The Kier molecular flexibility index (Phi) is 23.9. The molecule has 6 aromatic rings. The lowest BCUT2D eigenvalue weighted by Gasteiger charge is -2.37. The molecule has 0 spiro atoms. The van der Waals surface area contributed by atoms with Crippen molar-refractivity contribution in [2.75, 3.05) is 76.7 Å². The number of anilines is 3. The van der Waals surface area contributed by atoms with Crippen molar-refractivity contribution < 1.29 is 67.0 Å². The number of thiazole rings is 3. The van der Waals surface area contributed by atoms with E-state index in [2.05, 4.69) is 45.1 Å². The van der Waals surface area contributed by atoms with Crippen LogP contribution in [-0.4, -0.2) is 150 Å². The highest BCUT2D eigenvalue weighted by Crippen LogP contribution is 2.34. The highest BCUT2D eigenvalue weighted by atomic mass is 35.5. The van der Waals surface area contributed by atoms with Crippen LogP contribution in [0.3, 0.4) is 0 Å². The molecule has 3 aromatic heterocycles. The molecule has 3 amide bonds. The fraction of sp³-hybridized carbons (Fsp3) is 0.375. The number of nitrogens with zero attached hydrogens (tertiary/aromatic N) is 6. The summed E-state index contributed by atoms with van der Waals surface area (Å²) in [6.45, 7) is 0.356. The van der Waals surface area contributed by atoms with Gasteiger partial charge in [-0.2, -0.15) is 52.3 Å². The van der Waals surface area contributed by atoms with Gasteiger partial charge < -0.3 is 30.2 Å². The number of carbonyl (C=O) groups excluding carboxylic acids is 3. The van der Waals surface area contributed by atoms with Gasteiger partial charge in [-0.1, -0.05) is 34.8 Å². The largest absolute Gasteiger partial charge is 0.383 e. The van der Waals surface area contributed by atoms with E-state index in [1.165, 1.54) is 91.7 Å². The fourth-order valence-electron chi connectivity index (χ4n) is 8.57. The van der Waals surface area contributed by atoms with Crippen LogP contribution in [0.25, 0.3) is 0 Å². The van der Waals surface area contributed by atoms with Crippen LogP contribution in [-0.2, 0) is 59.2 Å². The summed E-state index contributed by atoms with van der Waals surface area (Å²) in [6, 6.07) is 6.34. The summed E-state index contributed by atoms with van der Waals surface area (Å²) in [6.07, 6.45) is 5.25. The molecule has 3 aliphatic heterocycles. The van der Waals surface area contributed by atoms with Crippen LogP contribution < -0.4 is 30.1 Å². The van der Waals surface area contributed by atoms with E-state index >= 15 is 0 Å². The van der Waals surface area contributed by atoms with Crippen LogP contribution >= 0.6 is 68.8 Å². The quantitative estimate of drug-likeness (QED) is 0.0534. The standard InChI is InChI=1S/3C16H18ClFN4O4S2/c3*1-26-6-5-22-14(15(23)20-10-2-3-12(18)11(17)8-10)9-13(21-28(22,24)25)16-19-4-7-27-16/h3*2-4,7-8,13-14,21H,5-6,9H2,1H3,(H,20,23)/t2*13-,14+;/m10./s1. The van der Waals surface area contributed by atoms with Crippen molar-refractivity contribution in [3.05, 3.63) is 137 Å². The van der Waals surface area contributed by atoms with E-state index in [0.29, 0.717) is 15.0 Å². The molecule has 6 heterocycles. The minimum absolute atomic E-state index is 0.00131. The Balaban J connectivity index is 0.000000181. The number of benzene rings is 3. The van der Waals surface area contributed by atoms with Crippen molar-refractivity contribution in [3.63, 3.8) is 0 Å². The molecule has 24 nitrogen and oxygen atoms in total. The third-order valence-corrected chi connectivity index (χ3v) is 20.9. The number of carbonyl (C=O) groups is 3. The molecule has 3 fully saturated rings. The lowest BCUT2D eigenvalue weighted by molar-refractivity contribution is -0.121. The molecule has 6 N–H and O–H groups in total. The zero-order chi connectivity index (χ0) is 60.9. The molecular weight excluding hydrogens is 1290 g/mol. The third-order valence-electron chi connectivity index (χ3n) is 12.5. The second-order valence-corrected chi connectivity index (χ2v) is 27.0. The molecule has 6 atom stereocenters. The van der Waals surface area contributed by atoms with Crippen molar-refractivity contribution in [1.82, 2.24) is 42.0 Å². The van der Waals surface area contributed by atoms with Gasteiger partial charge >= 0.3 is 0 Å². The molecule has 9 rings (SSSR count). The smallest absolute Gasteiger partial charge is 0.280 e. The first kappa shape index (κ1) is 66.6. The van der Waals surface area contributed by atoms with E-state index in [1.807, 2.05) is 0 Å². The molecule has 0 radical (unpaired) electrons. The van der Waals surface area contributed by atoms with Gasteiger partial charge in [0, 0.05) is 92.8 Å². The monoisotopic (exact) mass is 1340 g/mol. The maximum absolute atomic E-state index is 13.3. The summed E-state index contributed by atoms with van der Waals surface area (Å²) >= 11 is 21.1. The molecule has 2 unspecified atom stereocenters. The highest BCUT2D eigenvalue weighted by molar-refractivity contribution is 7.87. The average molecular weight is 1350 g/mol. The Bertz CT molecular complexity index is 3190. The second kappa shape index (κ2) is 30.2. The van der Waals surface area contributed by atoms with Crippen LogP contribution in [0, 0.1) is 17.5 Å². The number of halogens is 6. The van der Waals surface area contributed by atoms with Crippen LogP contribution in [0.5, 0.6) is 0 Å². The minimum atomic E-state index is -3.95. The van der Waals surface area contributed by atoms with E-state index in [0.717, 1.165) is 31.1 Å². The van der Waals surface area contributed by atoms with Gasteiger partial charge in [0.25, 0.3) is 30.6 Å². The molecular formula is C48H54Cl3F3N12O12S6. The molecule has 3 aliphatic rings. The molecule has 3 aromatic carbocycles. The molecule has 3 saturated heterocycles. The van der Waals surface area contributed by atoms with Crippen molar-refractivity contribution in [2.45, 2.75) is 55.5 Å². The van der Waals surface area contributed by atoms with Gasteiger partial charge in [-0.3, -0.25) is 14.4 Å². The van der Waals surface area contributed by atoms with Crippen molar-refractivity contribution in [3.8, 4) is 0 Å². The zero-order valence-electron chi connectivity index (χ0n) is 44.3. The van der Waals surface area contributed by atoms with Gasteiger partial charge in [-0.05, 0) is 73.9 Å². The summed E-state index contributed by atoms with van der Waals surface area (Å²) in [5, 5.41) is 14.3. The Morgan fingerprint density at radius 3 is 0.988 bits per heavy atom. The van der Waals surface area contributed by atoms with Gasteiger partial charge in [0.1, 0.15) is 50.6 Å². The number of ether oxygens (including phenoxy) is 3. The molecule has 0 aliphatic carbocycles. The molecule has 456 valence electrons. The summed E-state index contributed by atoms with van der Waals surface area (Å²) in [5.74, 6) is -3.50. The summed E-state index contributed by atoms with van der Waals surface area (Å²) < 4.78 is 142. The van der Waals surface area contributed by atoms with Gasteiger partial charge in [0.15, 0.2) is 0 Å². The second-order valence-electron chi connectivity index (χ2n) is 18.1. The molecule has 0 saturated carbocycles. The normalized spacial score (nSPS) is 22.1. The Morgan fingerprint density at radius 1 is 0.512 bits per heavy atom. The maximum atomic E-state index is 13.3. The summed E-state index contributed by atoms with van der Waals surface area (Å²) in [5.41, 5.74) is 0.805. The van der Waals surface area contributed by atoms with Crippen LogP contribution in [0.2, 0.25) is 15.1 Å². The van der Waals surface area contributed by atoms with Crippen LogP contribution in [0.1, 0.15) is 52.4 Å². The van der Waals surface area contributed by atoms with Crippen LogP contribution in [0.4, 0.5) is 30.2 Å². The number of nitrogens with one attached hydrogen (secondary N) is 6. The predicted octanol–water partition coefficient (Wildman–Crippen LogP) is 6.51. The van der Waals surface area contributed by atoms with Gasteiger partial charge in [0.2, 0.25) is 17.7 Å². The summed E-state index contributed by atoms with van der Waals surface area (Å²) in [4.78, 5) is 51.1. The zero-order valence-corrected chi connectivity index (χ0v) is 51.5. The summed E-state index contributed by atoms with van der Waals surface area (Å²) in [7, 11) is -7.52. The van der Waals surface area contributed by atoms with Gasteiger partial charge in [-0.25, -0.2) is 28.1 Å². The Morgan fingerprint density at radius 2 is 0.774 bits per heavy atom. The lowest BCUT2D eigenvalue weighted by atomic mass is 10.1. The van der Waals surface area contributed by atoms with Crippen LogP contribution in [0.15, 0.2) is 89.3 Å². The highest BCUT2D eigenvalue weighted by Gasteiger charge is 2.46. The number of methoxy groups -OCH3 is 3. The van der Waals surface area contributed by atoms with E-state index in [9.17, 15) is 52.8 Å².